The lowest BCUT2D eigenvalue weighted by Gasteiger charge is -2.18. The molecule has 0 saturated carbocycles. The van der Waals surface area contributed by atoms with Crippen molar-refractivity contribution in [2.75, 3.05) is 5.75 Å². The average molecular weight is 294 g/mol. The highest BCUT2D eigenvalue weighted by Gasteiger charge is 2.34. The molecular formula is C13H14N2O4S. The van der Waals surface area contributed by atoms with E-state index in [0.29, 0.717) is 24.2 Å². The number of nitrogens with zero attached hydrogens (tertiary/aromatic N) is 2. The summed E-state index contributed by atoms with van der Waals surface area (Å²) >= 11 is 0. The standard InChI is InChI=1S/C13H14N2O4S/c16-10-6-4-9(5-7-10)12-14-13(19-15-12)11-3-1-2-8-20(11,17)18/h4-7,11,16H,1-3,8H2. The van der Waals surface area contributed by atoms with E-state index in [-0.39, 0.29) is 17.4 Å². The zero-order valence-electron chi connectivity index (χ0n) is 10.7. The molecule has 6 nitrogen and oxygen atoms in total. The van der Waals surface area contributed by atoms with Gasteiger partial charge >= 0.3 is 0 Å². The van der Waals surface area contributed by atoms with Crippen LogP contribution in [0.15, 0.2) is 28.8 Å². The summed E-state index contributed by atoms with van der Waals surface area (Å²) in [6, 6.07) is 6.34. The Bertz CT molecular complexity index is 706. The van der Waals surface area contributed by atoms with Gasteiger partial charge in [-0.15, -0.1) is 0 Å². The van der Waals surface area contributed by atoms with Gasteiger partial charge in [-0.3, -0.25) is 0 Å². The highest BCUT2D eigenvalue weighted by Crippen LogP contribution is 2.33. The van der Waals surface area contributed by atoms with Crippen molar-refractivity contribution in [2.45, 2.75) is 24.5 Å². The lowest BCUT2D eigenvalue weighted by Crippen LogP contribution is -2.21. The highest BCUT2D eigenvalue weighted by atomic mass is 32.2. The van der Waals surface area contributed by atoms with E-state index in [9.17, 15) is 13.5 Å². The molecular weight excluding hydrogens is 280 g/mol. The van der Waals surface area contributed by atoms with Crippen molar-refractivity contribution in [1.82, 2.24) is 10.1 Å². The molecule has 0 amide bonds. The molecule has 1 fully saturated rings. The van der Waals surface area contributed by atoms with Crippen LogP contribution in [0.5, 0.6) is 5.75 Å². The topological polar surface area (TPSA) is 93.3 Å². The third-order valence-corrected chi connectivity index (χ3v) is 5.58. The van der Waals surface area contributed by atoms with Crippen LogP contribution in [-0.2, 0) is 9.84 Å². The molecule has 1 saturated heterocycles. The molecule has 1 N–H and O–H groups in total. The number of rotatable bonds is 2. The van der Waals surface area contributed by atoms with Crippen molar-refractivity contribution in [1.29, 1.82) is 0 Å². The maximum absolute atomic E-state index is 12.0. The Labute approximate surface area is 116 Å². The van der Waals surface area contributed by atoms with E-state index in [0.717, 1.165) is 6.42 Å². The number of hydrogen-bond acceptors (Lipinski definition) is 6. The van der Waals surface area contributed by atoms with Gasteiger partial charge in [-0.05, 0) is 37.1 Å². The Morgan fingerprint density at radius 2 is 1.95 bits per heavy atom. The zero-order valence-corrected chi connectivity index (χ0v) is 11.5. The number of benzene rings is 1. The molecule has 2 heterocycles. The molecule has 106 valence electrons. The van der Waals surface area contributed by atoms with E-state index in [1.165, 1.54) is 12.1 Å². The second-order valence-electron chi connectivity index (χ2n) is 4.85. The predicted molar refractivity (Wildman–Crippen MR) is 71.8 cm³/mol. The fourth-order valence-electron chi connectivity index (χ4n) is 2.33. The van der Waals surface area contributed by atoms with Crippen molar-refractivity contribution in [3.63, 3.8) is 0 Å². The quantitative estimate of drug-likeness (QED) is 0.911. The summed E-state index contributed by atoms with van der Waals surface area (Å²) < 4.78 is 29.1. The predicted octanol–water partition coefficient (Wildman–Crippen LogP) is 2.08. The summed E-state index contributed by atoms with van der Waals surface area (Å²) in [7, 11) is -3.19. The van der Waals surface area contributed by atoms with Crippen LogP contribution in [0.2, 0.25) is 0 Å². The van der Waals surface area contributed by atoms with E-state index in [4.69, 9.17) is 4.52 Å². The second-order valence-corrected chi connectivity index (χ2v) is 7.16. The molecule has 1 aromatic heterocycles. The summed E-state index contributed by atoms with van der Waals surface area (Å²) in [5, 5.41) is 12.4. The molecule has 1 unspecified atom stereocenters. The molecule has 0 aliphatic carbocycles. The SMILES string of the molecule is O=S1(=O)CCCCC1c1nc(-c2ccc(O)cc2)no1. The Morgan fingerprint density at radius 1 is 1.20 bits per heavy atom. The molecule has 20 heavy (non-hydrogen) atoms. The fourth-order valence-corrected chi connectivity index (χ4v) is 4.15. The van der Waals surface area contributed by atoms with E-state index >= 15 is 0 Å². The van der Waals surface area contributed by atoms with Gasteiger partial charge < -0.3 is 9.63 Å². The summed E-state index contributed by atoms with van der Waals surface area (Å²) in [5.41, 5.74) is 0.672. The van der Waals surface area contributed by atoms with Gasteiger partial charge in [0.05, 0.1) is 5.75 Å². The monoisotopic (exact) mass is 294 g/mol. The van der Waals surface area contributed by atoms with Crippen molar-refractivity contribution in [3.05, 3.63) is 30.2 Å². The second kappa shape index (κ2) is 4.90. The Morgan fingerprint density at radius 3 is 2.65 bits per heavy atom. The molecule has 1 aromatic carbocycles. The van der Waals surface area contributed by atoms with Crippen LogP contribution < -0.4 is 0 Å². The zero-order chi connectivity index (χ0) is 14.2. The molecule has 1 aliphatic rings. The first-order valence-corrected chi connectivity index (χ1v) is 8.12. The van der Waals surface area contributed by atoms with Crippen LogP contribution in [0, 0.1) is 0 Å². The molecule has 3 rings (SSSR count). The molecule has 0 spiro atoms. The van der Waals surface area contributed by atoms with Crippen molar-refractivity contribution < 1.29 is 18.0 Å². The normalized spacial score (nSPS) is 21.7. The molecule has 1 aliphatic heterocycles. The van der Waals surface area contributed by atoms with Gasteiger partial charge in [-0.1, -0.05) is 11.6 Å². The van der Waals surface area contributed by atoms with Gasteiger partial charge in [0.25, 0.3) is 0 Å². The summed E-state index contributed by atoms with van der Waals surface area (Å²) in [6.07, 6.45) is 2.07. The van der Waals surface area contributed by atoms with Crippen LogP contribution >= 0.6 is 0 Å². The van der Waals surface area contributed by atoms with Crippen molar-refractivity contribution >= 4 is 9.84 Å². The number of phenolic OH excluding ortho intramolecular Hbond substituents is 1. The van der Waals surface area contributed by atoms with Crippen LogP contribution in [0.25, 0.3) is 11.4 Å². The highest BCUT2D eigenvalue weighted by molar-refractivity contribution is 7.91. The van der Waals surface area contributed by atoms with E-state index in [2.05, 4.69) is 10.1 Å². The van der Waals surface area contributed by atoms with Crippen molar-refractivity contribution in [2.24, 2.45) is 0 Å². The Balaban J connectivity index is 1.92. The van der Waals surface area contributed by atoms with E-state index < -0.39 is 15.1 Å². The first-order valence-electron chi connectivity index (χ1n) is 6.41. The van der Waals surface area contributed by atoms with Gasteiger partial charge in [-0.25, -0.2) is 8.42 Å². The molecule has 0 bridgehead atoms. The van der Waals surface area contributed by atoms with Crippen LogP contribution in [0.4, 0.5) is 0 Å². The van der Waals surface area contributed by atoms with Crippen LogP contribution in [-0.4, -0.2) is 29.4 Å². The van der Waals surface area contributed by atoms with Gasteiger partial charge in [0, 0.05) is 5.56 Å². The van der Waals surface area contributed by atoms with E-state index in [1.807, 2.05) is 0 Å². The number of phenols is 1. The third kappa shape index (κ3) is 2.40. The van der Waals surface area contributed by atoms with Crippen LogP contribution in [0.3, 0.4) is 0 Å². The third-order valence-electron chi connectivity index (χ3n) is 3.42. The number of sulfone groups is 1. The Kier molecular flexibility index (Phi) is 3.21. The van der Waals surface area contributed by atoms with Gasteiger partial charge in [0.1, 0.15) is 11.0 Å². The van der Waals surface area contributed by atoms with Crippen LogP contribution in [0.1, 0.15) is 30.4 Å². The lowest BCUT2D eigenvalue weighted by molar-refractivity contribution is 0.364. The maximum Gasteiger partial charge on any atom is 0.245 e. The maximum atomic E-state index is 12.0. The molecule has 2 aromatic rings. The summed E-state index contributed by atoms with van der Waals surface area (Å²) in [5.74, 6) is 0.815. The average Bonchev–Trinajstić information content (AvgIpc) is 2.88. The Hall–Kier alpha value is -1.89. The minimum Gasteiger partial charge on any atom is -0.508 e. The minimum absolute atomic E-state index is 0.146. The number of hydrogen-bond donors (Lipinski definition) is 1. The smallest absolute Gasteiger partial charge is 0.245 e. The van der Waals surface area contributed by atoms with E-state index in [1.54, 1.807) is 12.1 Å². The fraction of sp³-hybridized carbons (Fsp3) is 0.385. The van der Waals surface area contributed by atoms with Gasteiger partial charge in [0.15, 0.2) is 9.84 Å². The first kappa shape index (κ1) is 13.1. The molecule has 0 radical (unpaired) electrons. The minimum atomic E-state index is -3.19. The lowest BCUT2D eigenvalue weighted by atomic mass is 10.2. The van der Waals surface area contributed by atoms with Crippen molar-refractivity contribution in [3.8, 4) is 17.1 Å². The van der Waals surface area contributed by atoms with Gasteiger partial charge in [-0.2, -0.15) is 4.98 Å². The summed E-state index contributed by atoms with van der Waals surface area (Å²) in [6.45, 7) is 0. The van der Waals surface area contributed by atoms with Gasteiger partial charge in [0.2, 0.25) is 11.7 Å². The number of aromatic nitrogens is 2. The molecule has 1 atom stereocenters. The first-order chi connectivity index (χ1) is 9.56. The largest absolute Gasteiger partial charge is 0.508 e. The number of aromatic hydroxyl groups is 1. The molecule has 7 heteroatoms. The summed E-state index contributed by atoms with van der Waals surface area (Å²) in [4.78, 5) is 4.19.